The van der Waals surface area contributed by atoms with E-state index in [1.54, 1.807) is 26.0 Å². The van der Waals surface area contributed by atoms with Crippen LogP contribution in [0.2, 0.25) is 0 Å². The summed E-state index contributed by atoms with van der Waals surface area (Å²) in [5.74, 6) is -4.01. The molecule has 220 valence electrons. The molecule has 0 bridgehead atoms. The largest absolute Gasteiger partial charge is 0.466 e. The lowest BCUT2D eigenvalue weighted by atomic mass is 9.80. The molecule has 1 aliphatic rings. The lowest BCUT2D eigenvalue weighted by molar-refractivity contribution is -0.385. The molecule has 1 atom stereocenters. The molecule has 9 nitrogen and oxygen atoms in total. The second-order valence-corrected chi connectivity index (χ2v) is 10.9. The van der Waals surface area contributed by atoms with E-state index in [1.165, 1.54) is 12.1 Å². The van der Waals surface area contributed by atoms with Gasteiger partial charge in [0.15, 0.2) is 0 Å². The molecule has 1 aliphatic heterocycles. The Morgan fingerprint density at radius 1 is 1.05 bits per heavy atom. The molecular weight excluding hydrogens is 536 g/mol. The van der Waals surface area contributed by atoms with Gasteiger partial charge in [-0.2, -0.15) is 0 Å². The number of nitro benzene ring substituents is 1. The normalized spacial score (nSPS) is 15.6. The first-order chi connectivity index (χ1) is 19.2. The minimum atomic E-state index is -1.29. The van der Waals surface area contributed by atoms with E-state index < -0.39 is 39.7 Å². The van der Waals surface area contributed by atoms with Crippen molar-refractivity contribution in [2.45, 2.75) is 40.0 Å². The molecule has 0 amide bonds. The molecule has 1 heterocycles. The van der Waals surface area contributed by atoms with Gasteiger partial charge in [0, 0.05) is 47.6 Å². The average molecular weight is 572 g/mol. The van der Waals surface area contributed by atoms with E-state index in [1.807, 2.05) is 20.9 Å². The number of benzene rings is 2. The molecule has 2 aromatic rings. The second-order valence-electron chi connectivity index (χ2n) is 10.9. The molecule has 41 heavy (non-hydrogen) atoms. The maximum absolute atomic E-state index is 15.2. The zero-order valence-corrected chi connectivity index (χ0v) is 24.0. The van der Waals surface area contributed by atoms with Crippen molar-refractivity contribution in [1.29, 1.82) is 0 Å². The smallest absolute Gasteiger partial charge is 0.336 e. The van der Waals surface area contributed by atoms with Gasteiger partial charge in [0.25, 0.3) is 5.69 Å². The number of carbonyl (C=O) groups excluding carboxylic acids is 2. The first-order valence-corrected chi connectivity index (χ1v) is 13.0. The number of nitrogens with zero attached hydrogens (tertiary/aromatic N) is 2. The maximum atomic E-state index is 15.2. The van der Waals surface area contributed by atoms with Crippen molar-refractivity contribution in [2.75, 3.05) is 33.9 Å². The van der Waals surface area contributed by atoms with E-state index in [2.05, 4.69) is 10.2 Å². The highest BCUT2D eigenvalue weighted by molar-refractivity contribution is 6.00. The summed E-state index contributed by atoms with van der Waals surface area (Å²) in [7, 11) is 3.09. The number of hydrogen-bond donors (Lipinski definition) is 1. The molecule has 0 saturated carbocycles. The molecule has 0 saturated heterocycles. The summed E-state index contributed by atoms with van der Waals surface area (Å²) in [6.07, 6.45) is 0.711. The molecule has 1 N–H and O–H groups in total. The molecule has 0 aliphatic carbocycles. The molecule has 2 aromatic carbocycles. The number of ether oxygens (including phenoxy) is 2. The second kappa shape index (κ2) is 13.0. The number of esters is 2. The third-order valence-corrected chi connectivity index (χ3v) is 6.87. The zero-order valence-electron chi connectivity index (χ0n) is 24.0. The fraction of sp³-hybridized carbons (Fsp3) is 0.400. The lowest BCUT2D eigenvalue weighted by Crippen LogP contribution is -2.37. The predicted molar refractivity (Wildman–Crippen MR) is 149 cm³/mol. The number of halogens is 2. The molecule has 0 fully saturated rings. The van der Waals surface area contributed by atoms with Crippen LogP contribution in [0.5, 0.6) is 0 Å². The Bertz CT molecular complexity index is 1390. The van der Waals surface area contributed by atoms with E-state index in [0.29, 0.717) is 30.9 Å². The van der Waals surface area contributed by atoms with Crippen molar-refractivity contribution < 1.29 is 32.8 Å². The average Bonchev–Trinajstić information content (AvgIpc) is 2.90. The number of carbonyl (C=O) groups is 2. The van der Waals surface area contributed by atoms with Crippen LogP contribution in [0.4, 0.5) is 14.5 Å². The number of likely N-dealkylation sites (N-methyl/N-ethyl adjacent to an activating group) is 1. The van der Waals surface area contributed by atoms with Crippen molar-refractivity contribution in [3.63, 3.8) is 0 Å². The van der Waals surface area contributed by atoms with Crippen LogP contribution >= 0.6 is 0 Å². The molecule has 0 aromatic heterocycles. The highest BCUT2D eigenvalue weighted by atomic mass is 19.1. The van der Waals surface area contributed by atoms with Gasteiger partial charge in [0.2, 0.25) is 0 Å². The standard InChI is InChI=1S/C30H35F2N3O6/c1-18-25(28(36)40-6)27(23-15-22(35(38)39)11-12-24(23)32)26(19(2)33-18)29(37)41-17-30(3,4)16-34(5)14-13-20-7-9-21(31)10-8-20/h7-12,15,27,33H,13-14,16-17H2,1-6H3. The van der Waals surface area contributed by atoms with Crippen molar-refractivity contribution in [1.82, 2.24) is 10.2 Å². The number of nitro groups is 1. The van der Waals surface area contributed by atoms with Crippen LogP contribution in [0, 0.1) is 27.2 Å². The van der Waals surface area contributed by atoms with Gasteiger partial charge < -0.3 is 19.7 Å². The number of nitrogens with one attached hydrogen (secondary N) is 1. The number of dihydropyridines is 1. The lowest BCUT2D eigenvalue weighted by Gasteiger charge is -2.32. The van der Waals surface area contributed by atoms with Crippen molar-refractivity contribution in [2.24, 2.45) is 5.41 Å². The molecular formula is C30H35F2N3O6. The first kappa shape index (κ1) is 31.4. The number of hydrogen-bond acceptors (Lipinski definition) is 8. The topological polar surface area (TPSA) is 111 Å². The van der Waals surface area contributed by atoms with Crippen LogP contribution in [0.3, 0.4) is 0 Å². The van der Waals surface area contributed by atoms with Gasteiger partial charge >= 0.3 is 11.9 Å². The summed E-state index contributed by atoms with van der Waals surface area (Å²) in [4.78, 5) is 39.2. The monoisotopic (exact) mass is 571 g/mol. The minimum absolute atomic E-state index is 0.00386. The summed E-state index contributed by atoms with van der Waals surface area (Å²) in [5, 5.41) is 14.4. The van der Waals surface area contributed by atoms with Crippen LogP contribution in [0.1, 0.15) is 44.7 Å². The van der Waals surface area contributed by atoms with Gasteiger partial charge in [0.05, 0.1) is 35.7 Å². The SMILES string of the molecule is COC(=O)C1=C(C)NC(C)=C(C(=O)OCC(C)(C)CN(C)CCc2ccc(F)cc2)C1c1cc([N+](=O)[O-])ccc1F. The Hall–Kier alpha value is -4.12. The minimum Gasteiger partial charge on any atom is -0.466 e. The molecule has 0 radical (unpaired) electrons. The number of non-ortho nitro benzene ring substituents is 1. The van der Waals surface area contributed by atoms with E-state index >= 15 is 4.39 Å². The summed E-state index contributed by atoms with van der Waals surface area (Å²) in [5.41, 5.74) is 0.449. The molecule has 0 spiro atoms. The Morgan fingerprint density at radius 3 is 2.24 bits per heavy atom. The Kier molecular flexibility index (Phi) is 9.98. The van der Waals surface area contributed by atoms with Crippen LogP contribution in [-0.2, 0) is 25.5 Å². The molecule has 1 unspecified atom stereocenters. The predicted octanol–water partition coefficient (Wildman–Crippen LogP) is 5.02. The van der Waals surface area contributed by atoms with E-state index in [4.69, 9.17) is 9.47 Å². The van der Waals surface area contributed by atoms with Gasteiger partial charge in [-0.15, -0.1) is 0 Å². The van der Waals surface area contributed by atoms with Crippen molar-refractivity contribution in [3.8, 4) is 0 Å². The van der Waals surface area contributed by atoms with Gasteiger partial charge in [-0.1, -0.05) is 26.0 Å². The summed E-state index contributed by atoms with van der Waals surface area (Å²) in [6.45, 7) is 8.28. The van der Waals surface area contributed by atoms with Gasteiger partial charge in [-0.25, -0.2) is 18.4 Å². The van der Waals surface area contributed by atoms with Gasteiger partial charge in [-0.05, 0) is 51.1 Å². The summed E-state index contributed by atoms with van der Waals surface area (Å²) in [6, 6.07) is 9.28. The van der Waals surface area contributed by atoms with E-state index in [0.717, 1.165) is 30.9 Å². The summed E-state index contributed by atoms with van der Waals surface area (Å²) >= 11 is 0. The fourth-order valence-electron chi connectivity index (χ4n) is 4.99. The third-order valence-electron chi connectivity index (χ3n) is 6.87. The van der Waals surface area contributed by atoms with Crippen LogP contribution in [-0.4, -0.2) is 55.6 Å². The highest BCUT2D eigenvalue weighted by Gasteiger charge is 2.40. The van der Waals surface area contributed by atoms with E-state index in [-0.39, 0.29) is 29.1 Å². The Morgan fingerprint density at radius 2 is 1.66 bits per heavy atom. The van der Waals surface area contributed by atoms with E-state index in [9.17, 15) is 24.1 Å². The molecule has 11 heteroatoms. The number of methoxy groups -OCH3 is 1. The number of allylic oxidation sites excluding steroid dienone is 2. The quantitative estimate of drug-likeness (QED) is 0.227. The van der Waals surface area contributed by atoms with Crippen LogP contribution in [0.15, 0.2) is 65.0 Å². The number of rotatable bonds is 11. The van der Waals surface area contributed by atoms with Gasteiger partial charge in [0.1, 0.15) is 11.6 Å². The fourth-order valence-corrected chi connectivity index (χ4v) is 4.99. The van der Waals surface area contributed by atoms with Crippen LogP contribution < -0.4 is 5.32 Å². The first-order valence-electron chi connectivity index (χ1n) is 13.0. The van der Waals surface area contributed by atoms with Crippen LogP contribution in [0.25, 0.3) is 0 Å². The zero-order chi connectivity index (χ0) is 30.5. The highest BCUT2D eigenvalue weighted by Crippen LogP contribution is 2.41. The van der Waals surface area contributed by atoms with Gasteiger partial charge in [-0.3, -0.25) is 10.1 Å². The maximum Gasteiger partial charge on any atom is 0.336 e. The molecule has 3 rings (SSSR count). The summed E-state index contributed by atoms with van der Waals surface area (Å²) < 4.78 is 39.0. The third kappa shape index (κ3) is 7.75. The van der Waals surface area contributed by atoms with Crippen molar-refractivity contribution >= 4 is 17.6 Å². The Balaban J connectivity index is 1.82. The van der Waals surface area contributed by atoms with Crippen molar-refractivity contribution in [3.05, 3.63) is 97.9 Å². The Labute approximate surface area is 238 Å².